The molecule has 17 heavy (non-hydrogen) atoms. The predicted octanol–water partition coefficient (Wildman–Crippen LogP) is 1.07. The molecule has 0 aliphatic rings. The fourth-order valence-corrected chi connectivity index (χ4v) is 3.23. The molecule has 1 rings (SSSR count). The first kappa shape index (κ1) is 14.1. The Morgan fingerprint density at radius 2 is 1.82 bits per heavy atom. The molecular weight excluding hydrogens is 243 g/mol. The number of hydrogen-bond donors (Lipinski definition) is 2. The number of hydrogen-bond acceptors (Lipinski definition) is 3. The molecule has 0 atom stereocenters. The summed E-state index contributed by atoms with van der Waals surface area (Å²) in [6.45, 7) is 3.86. The van der Waals surface area contributed by atoms with Crippen LogP contribution >= 0.6 is 0 Å². The van der Waals surface area contributed by atoms with E-state index in [-0.39, 0.29) is 11.4 Å². The third kappa shape index (κ3) is 3.49. The smallest absolute Gasteiger partial charge is 0.241 e. The molecule has 0 saturated carbocycles. The molecule has 0 aromatic heterocycles. The molecule has 0 saturated heterocycles. The van der Waals surface area contributed by atoms with Crippen LogP contribution in [0.4, 0.5) is 4.39 Å². The first-order chi connectivity index (χ1) is 7.88. The van der Waals surface area contributed by atoms with E-state index in [2.05, 4.69) is 4.72 Å². The summed E-state index contributed by atoms with van der Waals surface area (Å²) in [5.74, 6) is -0.430. The summed E-state index contributed by atoms with van der Waals surface area (Å²) in [5, 5.41) is 0. The number of sulfonamides is 1. The van der Waals surface area contributed by atoms with E-state index >= 15 is 0 Å². The van der Waals surface area contributed by atoms with Crippen molar-refractivity contribution in [3.63, 3.8) is 0 Å². The number of nitrogens with two attached hydrogens (primary N) is 1. The van der Waals surface area contributed by atoms with Crippen LogP contribution in [0.1, 0.15) is 17.5 Å². The van der Waals surface area contributed by atoms with Gasteiger partial charge in [-0.15, -0.1) is 0 Å². The lowest BCUT2D eigenvalue weighted by Gasteiger charge is -2.11. The van der Waals surface area contributed by atoms with Gasteiger partial charge in [-0.25, -0.2) is 17.5 Å². The Bertz CT molecular complexity index is 477. The van der Waals surface area contributed by atoms with Gasteiger partial charge >= 0.3 is 0 Å². The maximum absolute atomic E-state index is 13.1. The Kier molecular flexibility index (Phi) is 4.62. The SMILES string of the molecule is Cc1cc(F)cc(C)c1S(=O)(=O)NCCCN. The Balaban J connectivity index is 3.07. The van der Waals surface area contributed by atoms with Crippen molar-refractivity contribution in [2.24, 2.45) is 5.73 Å². The second-order valence-electron chi connectivity index (χ2n) is 3.91. The van der Waals surface area contributed by atoms with E-state index < -0.39 is 15.8 Å². The normalized spacial score (nSPS) is 11.8. The molecule has 3 N–H and O–H groups in total. The Hall–Kier alpha value is -0.980. The van der Waals surface area contributed by atoms with Crippen molar-refractivity contribution < 1.29 is 12.8 Å². The van der Waals surface area contributed by atoms with Crippen LogP contribution in [0.5, 0.6) is 0 Å². The lowest BCUT2D eigenvalue weighted by Crippen LogP contribution is -2.27. The van der Waals surface area contributed by atoms with Crippen molar-refractivity contribution in [3.05, 3.63) is 29.1 Å². The van der Waals surface area contributed by atoms with Crippen LogP contribution in [0.2, 0.25) is 0 Å². The van der Waals surface area contributed by atoms with Gasteiger partial charge in [0.25, 0.3) is 0 Å². The lowest BCUT2D eigenvalue weighted by atomic mass is 10.1. The minimum absolute atomic E-state index is 0.149. The number of nitrogens with one attached hydrogen (secondary N) is 1. The highest BCUT2D eigenvalue weighted by Gasteiger charge is 2.19. The van der Waals surface area contributed by atoms with Crippen LogP contribution in [0.15, 0.2) is 17.0 Å². The Morgan fingerprint density at radius 1 is 1.29 bits per heavy atom. The Labute approximate surface area is 101 Å². The number of aryl methyl sites for hydroxylation is 2. The quantitative estimate of drug-likeness (QED) is 0.778. The molecule has 0 amide bonds. The maximum Gasteiger partial charge on any atom is 0.241 e. The molecule has 0 fully saturated rings. The van der Waals surface area contributed by atoms with Gasteiger partial charge in [0, 0.05) is 6.54 Å². The molecule has 0 aliphatic heterocycles. The van der Waals surface area contributed by atoms with Crippen molar-refractivity contribution in [3.8, 4) is 0 Å². The second-order valence-corrected chi connectivity index (χ2v) is 5.61. The van der Waals surface area contributed by atoms with E-state index in [9.17, 15) is 12.8 Å². The van der Waals surface area contributed by atoms with E-state index in [1.54, 1.807) is 13.8 Å². The van der Waals surface area contributed by atoms with Gasteiger partial charge in [-0.1, -0.05) is 0 Å². The highest BCUT2D eigenvalue weighted by atomic mass is 32.2. The molecule has 0 unspecified atom stereocenters. The molecule has 0 aliphatic carbocycles. The number of rotatable bonds is 5. The zero-order valence-electron chi connectivity index (χ0n) is 9.96. The van der Waals surface area contributed by atoms with Gasteiger partial charge in [0.2, 0.25) is 10.0 Å². The maximum atomic E-state index is 13.1. The summed E-state index contributed by atoms with van der Waals surface area (Å²) in [5.41, 5.74) is 6.10. The van der Waals surface area contributed by atoms with Gasteiger partial charge in [0.1, 0.15) is 5.82 Å². The van der Waals surface area contributed by atoms with Crippen LogP contribution < -0.4 is 10.5 Å². The van der Waals surface area contributed by atoms with E-state index in [0.717, 1.165) is 0 Å². The van der Waals surface area contributed by atoms with Gasteiger partial charge in [-0.2, -0.15) is 0 Å². The summed E-state index contributed by atoms with van der Waals surface area (Å²) in [7, 11) is -3.58. The first-order valence-corrected chi connectivity index (χ1v) is 6.83. The van der Waals surface area contributed by atoms with Crippen molar-refractivity contribution >= 4 is 10.0 Å². The van der Waals surface area contributed by atoms with E-state index in [1.807, 2.05) is 0 Å². The van der Waals surface area contributed by atoms with Crippen LogP contribution in [-0.2, 0) is 10.0 Å². The fourth-order valence-electron chi connectivity index (χ4n) is 1.70. The molecule has 4 nitrogen and oxygen atoms in total. The molecule has 0 radical (unpaired) electrons. The van der Waals surface area contributed by atoms with E-state index in [4.69, 9.17) is 5.73 Å². The molecule has 0 spiro atoms. The standard InChI is InChI=1S/C11H17FN2O2S/c1-8-6-10(12)7-9(2)11(8)17(15,16)14-5-3-4-13/h6-7,14H,3-5,13H2,1-2H3. The molecule has 6 heteroatoms. The van der Waals surface area contributed by atoms with Crippen LogP contribution in [0, 0.1) is 19.7 Å². The van der Waals surface area contributed by atoms with Gasteiger partial charge in [-0.3, -0.25) is 0 Å². The molecule has 0 heterocycles. The number of benzene rings is 1. The first-order valence-electron chi connectivity index (χ1n) is 5.35. The zero-order valence-corrected chi connectivity index (χ0v) is 10.8. The average molecular weight is 260 g/mol. The fraction of sp³-hybridized carbons (Fsp3) is 0.455. The van der Waals surface area contributed by atoms with E-state index in [0.29, 0.717) is 24.1 Å². The third-order valence-electron chi connectivity index (χ3n) is 2.37. The number of halogens is 1. The molecule has 96 valence electrons. The van der Waals surface area contributed by atoms with Gasteiger partial charge in [0.15, 0.2) is 0 Å². The van der Waals surface area contributed by atoms with Crippen molar-refractivity contribution in [2.75, 3.05) is 13.1 Å². The summed E-state index contributed by atoms with van der Waals surface area (Å²) in [4.78, 5) is 0.149. The van der Waals surface area contributed by atoms with Crippen LogP contribution in [0.25, 0.3) is 0 Å². The highest BCUT2D eigenvalue weighted by molar-refractivity contribution is 7.89. The topological polar surface area (TPSA) is 72.2 Å². The highest BCUT2D eigenvalue weighted by Crippen LogP contribution is 2.20. The van der Waals surface area contributed by atoms with Gasteiger partial charge in [0.05, 0.1) is 4.90 Å². The van der Waals surface area contributed by atoms with E-state index in [1.165, 1.54) is 12.1 Å². The average Bonchev–Trinajstić information content (AvgIpc) is 2.15. The monoisotopic (exact) mass is 260 g/mol. The van der Waals surface area contributed by atoms with Crippen molar-refractivity contribution in [1.29, 1.82) is 0 Å². The predicted molar refractivity (Wildman–Crippen MR) is 64.7 cm³/mol. The second kappa shape index (κ2) is 5.57. The molecule has 0 bridgehead atoms. The lowest BCUT2D eigenvalue weighted by molar-refractivity contribution is 0.577. The zero-order chi connectivity index (χ0) is 13.1. The minimum atomic E-state index is -3.58. The van der Waals surface area contributed by atoms with Crippen molar-refractivity contribution in [1.82, 2.24) is 4.72 Å². The van der Waals surface area contributed by atoms with Crippen LogP contribution in [0.3, 0.4) is 0 Å². The summed E-state index contributed by atoms with van der Waals surface area (Å²) < 4.78 is 39.5. The van der Waals surface area contributed by atoms with Crippen molar-refractivity contribution in [2.45, 2.75) is 25.2 Å². The van der Waals surface area contributed by atoms with Gasteiger partial charge < -0.3 is 5.73 Å². The Morgan fingerprint density at radius 3 is 2.29 bits per heavy atom. The minimum Gasteiger partial charge on any atom is -0.330 e. The largest absolute Gasteiger partial charge is 0.330 e. The summed E-state index contributed by atoms with van der Waals surface area (Å²) >= 11 is 0. The van der Waals surface area contributed by atoms with Gasteiger partial charge in [-0.05, 0) is 50.1 Å². The van der Waals surface area contributed by atoms with Crippen LogP contribution in [-0.4, -0.2) is 21.5 Å². The molecular formula is C11H17FN2O2S. The summed E-state index contributed by atoms with van der Waals surface area (Å²) in [6.07, 6.45) is 0.568. The molecule has 1 aromatic rings. The summed E-state index contributed by atoms with van der Waals surface area (Å²) in [6, 6.07) is 2.43. The third-order valence-corrected chi connectivity index (χ3v) is 4.13. The molecule has 1 aromatic carbocycles.